The van der Waals surface area contributed by atoms with E-state index in [4.69, 9.17) is 23.2 Å². The van der Waals surface area contributed by atoms with Crippen molar-refractivity contribution in [2.45, 2.75) is 30.9 Å². The number of aliphatic hydroxyl groups is 1. The van der Waals surface area contributed by atoms with Gasteiger partial charge in [0.2, 0.25) is 0 Å². The highest BCUT2D eigenvalue weighted by Gasteiger charge is 2.30. The van der Waals surface area contributed by atoms with Crippen molar-refractivity contribution in [1.29, 1.82) is 0 Å². The van der Waals surface area contributed by atoms with Gasteiger partial charge in [0.05, 0.1) is 17.2 Å². The molecule has 25 heavy (non-hydrogen) atoms. The number of hydrogen-bond acceptors (Lipinski definition) is 3. The molecule has 0 amide bonds. The minimum atomic E-state index is -3.88. The predicted molar refractivity (Wildman–Crippen MR) is 103 cm³/mol. The molecule has 0 unspecified atom stereocenters. The molecule has 2 rings (SSSR count). The van der Waals surface area contributed by atoms with Crippen LogP contribution in [0.25, 0.3) is 0 Å². The first-order chi connectivity index (χ1) is 11.8. The summed E-state index contributed by atoms with van der Waals surface area (Å²) in [5, 5.41) is 10.5. The van der Waals surface area contributed by atoms with Crippen LogP contribution in [0.5, 0.6) is 0 Å². The second kappa shape index (κ2) is 8.23. The van der Waals surface area contributed by atoms with E-state index in [0.717, 1.165) is 0 Å². The molecule has 134 valence electrons. The Kier molecular flexibility index (Phi) is 6.52. The van der Waals surface area contributed by atoms with Crippen LogP contribution >= 0.6 is 23.2 Å². The molecule has 0 spiro atoms. The Labute approximate surface area is 158 Å². The number of aliphatic hydroxyl groups excluding tert-OH is 1. The van der Waals surface area contributed by atoms with Crippen molar-refractivity contribution in [3.05, 3.63) is 70.7 Å². The molecule has 0 heterocycles. The van der Waals surface area contributed by atoms with Gasteiger partial charge in [-0.2, -0.15) is 0 Å². The molecule has 1 N–H and O–H groups in total. The van der Waals surface area contributed by atoms with Crippen molar-refractivity contribution in [2.75, 3.05) is 4.31 Å². The zero-order chi connectivity index (χ0) is 18.6. The lowest BCUT2D eigenvalue weighted by atomic mass is 10.1. The van der Waals surface area contributed by atoms with Gasteiger partial charge in [-0.1, -0.05) is 35.3 Å². The first-order valence-corrected chi connectivity index (χ1v) is 9.81. The summed E-state index contributed by atoms with van der Waals surface area (Å²) in [6.45, 7) is 5.16. The Morgan fingerprint density at radius 3 is 2.32 bits per heavy atom. The zero-order valence-corrected chi connectivity index (χ0v) is 16.0. The van der Waals surface area contributed by atoms with E-state index >= 15 is 0 Å². The maximum atomic E-state index is 13.3. The number of benzene rings is 2. The van der Waals surface area contributed by atoms with Crippen LogP contribution in [0.3, 0.4) is 0 Å². The normalized spacial score (nSPS) is 12.6. The average molecular weight is 400 g/mol. The van der Waals surface area contributed by atoms with Crippen molar-refractivity contribution in [1.82, 2.24) is 0 Å². The molecule has 2 aromatic rings. The quantitative estimate of drug-likeness (QED) is 0.689. The summed E-state index contributed by atoms with van der Waals surface area (Å²) in [6, 6.07) is 10.3. The Hall–Kier alpha value is -1.53. The number of rotatable bonds is 7. The van der Waals surface area contributed by atoms with E-state index in [1.165, 1.54) is 28.6 Å². The second-order valence-corrected chi connectivity index (χ2v) is 8.25. The summed E-state index contributed by atoms with van der Waals surface area (Å²) in [4.78, 5) is 0.108. The summed E-state index contributed by atoms with van der Waals surface area (Å²) < 4.78 is 27.8. The van der Waals surface area contributed by atoms with E-state index in [1.54, 1.807) is 31.2 Å². The van der Waals surface area contributed by atoms with Crippen LogP contribution in [0.2, 0.25) is 10.0 Å². The maximum absolute atomic E-state index is 13.3. The first-order valence-electron chi connectivity index (χ1n) is 7.61. The Morgan fingerprint density at radius 1 is 1.16 bits per heavy atom. The summed E-state index contributed by atoms with van der Waals surface area (Å²) in [7, 11) is -3.88. The number of hydrogen-bond donors (Lipinski definition) is 1. The fraction of sp³-hybridized carbons (Fsp3) is 0.222. The minimum Gasteiger partial charge on any atom is -0.392 e. The van der Waals surface area contributed by atoms with E-state index in [0.29, 0.717) is 27.7 Å². The van der Waals surface area contributed by atoms with Crippen molar-refractivity contribution in [3.8, 4) is 0 Å². The molecule has 0 aliphatic carbocycles. The van der Waals surface area contributed by atoms with Gasteiger partial charge in [0.25, 0.3) is 10.0 Å². The van der Waals surface area contributed by atoms with Crippen LogP contribution in [0.4, 0.5) is 5.69 Å². The molecule has 0 bridgehead atoms. The number of sulfonamides is 1. The molecule has 4 nitrogen and oxygen atoms in total. The molecule has 0 saturated heterocycles. The number of halogens is 2. The second-order valence-electron chi connectivity index (χ2n) is 5.56. The molecule has 1 atom stereocenters. The van der Waals surface area contributed by atoms with Crippen LogP contribution in [-0.2, 0) is 16.6 Å². The Bertz CT molecular complexity index is 851. The molecule has 7 heteroatoms. The van der Waals surface area contributed by atoms with Gasteiger partial charge in [-0.3, -0.25) is 4.31 Å². The fourth-order valence-corrected chi connectivity index (χ4v) is 4.52. The molecule has 0 radical (unpaired) electrons. The third-order valence-corrected chi connectivity index (χ3v) is 6.16. The summed E-state index contributed by atoms with van der Waals surface area (Å²) >= 11 is 11.9. The molecule has 0 aliphatic heterocycles. The molecular weight excluding hydrogens is 381 g/mol. The maximum Gasteiger partial charge on any atom is 0.264 e. The van der Waals surface area contributed by atoms with Gasteiger partial charge < -0.3 is 5.11 Å². The van der Waals surface area contributed by atoms with Crippen molar-refractivity contribution >= 4 is 38.9 Å². The standard InChI is InChI=1S/C18H19Cl2NO3S/c1-3-4-13(2)21(18-11-16(20)6-5-14(18)12-22)25(23,24)17-9-7-15(19)8-10-17/h3,5-11,13,22H,1,4,12H2,2H3/t13-/m1/s1. The highest BCUT2D eigenvalue weighted by Crippen LogP contribution is 2.33. The summed E-state index contributed by atoms with van der Waals surface area (Å²) in [6.07, 6.45) is 2.09. The van der Waals surface area contributed by atoms with E-state index in [9.17, 15) is 13.5 Å². The first kappa shape index (κ1) is 19.8. The lowest BCUT2D eigenvalue weighted by Crippen LogP contribution is -2.39. The van der Waals surface area contributed by atoms with Gasteiger partial charge in [0, 0.05) is 21.7 Å². The lowest BCUT2D eigenvalue weighted by Gasteiger charge is -2.31. The smallest absolute Gasteiger partial charge is 0.264 e. The van der Waals surface area contributed by atoms with Crippen LogP contribution in [0.15, 0.2) is 60.0 Å². The third-order valence-electron chi connectivity index (χ3n) is 3.73. The van der Waals surface area contributed by atoms with Crippen molar-refractivity contribution < 1.29 is 13.5 Å². The topological polar surface area (TPSA) is 57.6 Å². The zero-order valence-electron chi connectivity index (χ0n) is 13.7. The lowest BCUT2D eigenvalue weighted by molar-refractivity contribution is 0.282. The van der Waals surface area contributed by atoms with Gasteiger partial charge in [-0.05, 0) is 49.7 Å². The average Bonchev–Trinajstić information content (AvgIpc) is 2.55. The van der Waals surface area contributed by atoms with Gasteiger partial charge >= 0.3 is 0 Å². The minimum absolute atomic E-state index is 0.108. The fourth-order valence-electron chi connectivity index (χ4n) is 2.54. The number of anilines is 1. The molecule has 0 fully saturated rings. The van der Waals surface area contributed by atoms with E-state index in [2.05, 4.69) is 6.58 Å². The molecule has 0 aromatic heterocycles. The van der Waals surface area contributed by atoms with Crippen LogP contribution in [0.1, 0.15) is 18.9 Å². The van der Waals surface area contributed by atoms with E-state index in [-0.39, 0.29) is 11.5 Å². The third kappa shape index (κ3) is 4.36. The summed E-state index contributed by atoms with van der Waals surface area (Å²) in [5.74, 6) is 0. The van der Waals surface area contributed by atoms with Gasteiger partial charge in [0.15, 0.2) is 0 Å². The van der Waals surface area contributed by atoms with Crippen LogP contribution in [0, 0.1) is 0 Å². The SMILES string of the molecule is C=CC[C@@H](C)N(c1cc(Cl)ccc1CO)S(=O)(=O)c1ccc(Cl)cc1. The van der Waals surface area contributed by atoms with Gasteiger partial charge in [-0.15, -0.1) is 6.58 Å². The predicted octanol–water partition coefficient (Wildman–Crippen LogP) is 4.65. The van der Waals surface area contributed by atoms with Crippen molar-refractivity contribution in [3.63, 3.8) is 0 Å². The van der Waals surface area contributed by atoms with Crippen molar-refractivity contribution in [2.24, 2.45) is 0 Å². The number of nitrogens with zero attached hydrogens (tertiary/aromatic N) is 1. The molecule has 0 saturated carbocycles. The van der Waals surface area contributed by atoms with Crippen LogP contribution < -0.4 is 4.31 Å². The highest BCUT2D eigenvalue weighted by molar-refractivity contribution is 7.92. The molecule has 2 aromatic carbocycles. The Morgan fingerprint density at radius 2 is 1.76 bits per heavy atom. The molecular formula is C18H19Cl2NO3S. The summed E-state index contributed by atoms with van der Waals surface area (Å²) in [5.41, 5.74) is 0.817. The molecule has 0 aliphatic rings. The monoisotopic (exact) mass is 399 g/mol. The van der Waals surface area contributed by atoms with E-state index in [1.807, 2.05) is 0 Å². The van der Waals surface area contributed by atoms with Gasteiger partial charge in [-0.25, -0.2) is 8.42 Å². The van der Waals surface area contributed by atoms with Gasteiger partial charge in [0.1, 0.15) is 0 Å². The highest BCUT2D eigenvalue weighted by atomic mass is 35.5. The van der Waals surface area contributed by atoms with E-state index < -0.39 is 16.1 Å². The largest absolute Gasteiger partial charge is 0.392 e. The Balaban J connectivity index is 2.66. The van der Waals surface area contributed by atoms with Crippen LogP contribution in [-0.4, -0.2) is 19.6 Å².